The number of carbonyl (C=O) groups is 1. The maximum Gasteiger partial charge on any atom is 0.320 e. The van der Waals surface area contributed by atoms with Crippen molar-refractivity contribution in [2.45, 2.75) is 25.8 Å². The topological polar surface area (TPSA) is 84.3 Å². The fraction of sp³-hybridized carbons (Fsp3) is 0.321. The molecule has 5 rings (SSSR count). The van der Waals surface area contributed by atoms with E-state index < -0.39 is 17.7 Å². The molecule has 2 aromatic heterocycles. The molecule has 2 amide bonds. The molecule has 2 aromatic carbocycles. The van der Waals surface area contributed by atoms with Crippen LogP contribution < -0.4 is 10.6 Å². The van der Waals surface area contributed by atoms with Crippen molar-refractivity contribution in [3.05, 3.63) is 82.5 Å². The smallest absolute Gasteiger partial charge is 0.320 e. The number of likely N-dealkylation sites (tertiary alicyclic amines) is 1. The molecule has 1 aliphatic rings. The highest BCUT2D eigenvalue weighted by Gasteiger charge is 2.35. The molecule has 1 fully saturated rings. The Bertz CT molecular complexity index is 1460. The zero-order valence-electron chi connectivity index (χ0n) is 21.9. The Morgan fingerprint density at radius 2 is 1.92 bits per heavy atom. The molecular formula is C28H30F2N6O2S. The Labute approximate surface area is 229 Å². The maximum atomic E-state index is 14.1. The average molecular weight is 553 g/mol. The number of para-hydroxylation sites is 1. The predicted molar refractivity (Wildman–Crippen MR) is 148 cm³/mol. The number of benzene rings is 2. The lowest BCUT2D eigenvalue weighted by molar-refractivity contribution is 0.159. The molecule has 8 nitrogen and oxygen atoms in total. The molecule has 1 saturated heterocycles. The van der Waals surface area contributed by atoms with Crippen LogP contribution in [0.3, 0.4) is 0 Å². The molecular weight excluding hydrogens is 522 g/mol. The Morgan fingerprint density at radius 1 is 1.13 bits per heavy atom. The summed E-state index contributed by atoms with van der Waals surface area (Å²) in [5, 5.41) is 11.8. The SMILES string of the molecule is COCCN1C[C@@H](NC(=O)Nc2c(C)c(-c3cnc(C)s3)nn2-c2ccccc2)[C@H](c2ccc(F)c(F)c2)C1. The van der Waals surface area contributed by atoms with Crippen molar-refractivity contribution in [1.29, 1.82) is 0 Å². The number of aryl methyl sites for hydroxylation is 1. The van der Waals surface area contributed by atoms with Crippen molar-refractivity contribution in [1.82, 2.24) is 25.0 Å². The molecule has 204 valence electrons. The van der Waals surface area contributed by atoms with Crippen LogP contribution in [0.25, 0.3) is 16.3 Å². The number of amides is 2. The number of hydrogen-bond acceptors (Lipinski definition) is 6. The molecule has 0 aliphatic carbocycles. The van der Waals surface area contributed by atoms with Crippen LogP contribution in [0.15, 0.2) is 54.7 Å². The van der Waals surface area contributed by atoms with E-state index in [0.717, 1.165) is 32.9 Å². The van der Waals surface area contributed by atoms with Crippen molar-refractivity contribution >= 4 is 23.2 Å². The largest absolute Gasteiger partial charge is 0.383 e. The van der Waals surface area contributed by atoms with Gasteiger partial charge in [0.05, 0.1) is 28.2 Å². The van der Waals surface area contributed by atoms with Crippen molar-refractivity contribution in [3.8, 4) is 16.3 Å². The second-order valence-corrected chi connectivity index (χ2v) is 10.8. The van der Waals surface area contributed by atoms with Crippen LogP contribution in [-0.2, 0) is 4.74 Å². The van der Waals surface area contributed by atoms with Gasteiger partial charge in [-0.1, -0.05) is 24.3 Å². The van der Waals surface area contributed by atoms with E-state index >= 15 is 0 Å². The minimum absolute atomic E-state index is 0.224. The number of anilines is 1. The van der Waals surface area contributed by atoms with Gasteiger partial charge in [-0.15, -0.1) is 11.3 Å². The summed E-state index contributed by atoms with van der Waals surface area (Å²) in [5.74, 6) is -1.48. The third kappa shape index (κ3) is 5.85. The number of nitrogens with zero attached hydrogens (tertiary/aromatic N) is 4. The van der Waals surface area contributed by atoms with Gasteiger partial charge >= 0.3 is 6.03 Å². The van der Waals surface area contributed by atoms with E-state index in [0.29, 0.717) is 37.6 Å². The molecule has 0 unspecified atom stereocenters. The lowest BCUT2D eigenvalue weighted by Crippen LogP contribution is -2.42. The fourth-order valence-electron chi connectivity index (χ4n) is 4.93. The van der Waals surface area contributed by atoms with Gasteiger partial charge < -0.3 is 10.1 Å². The summed E-state index contributed by atoms with van der Waals surface area (Å²) >= 11 is 1.54. The molecule has 3 heterocycles. The van der Waals surface area contributed by atoms with Gasteiger partial charge in [0.15, 0.2) is 11.6 Å². The molecule has 2 N–H and O–H groups in total. The third-order valence-corrected chi connectivity index (χ3v) is 7.82. The first kappa shape index (κ1) is 26.9. The average Bonchev–Trinajstić information content (AvgIpc) is 3.62. The minimum Gasteiger partial charge on any atom is -0.383 e. The molecule has 0 bridgehead atoms. The predicted octanol–water partition coefficient (Wildman–Crippen LogP) is 5.13. The molecule has 0 saturated carbocycles. The van der Waals surface area contributed by atoms with Crippen LogP contribution in [-0.4, -0.2) is 65.1 Å². The quantitative estimate of drug-likeness (QED) is 0.317. The Hall–Kier alpha value is -3.67. The van der Waals surface area contributed by atoms with E-state index in [9.17, 15) is 13.6 Å². The summed E-state index contributed by atoms with van der Waals surface area (Å²) in [4.78, 5) is 20.8. The summed E-state index contributed by atoms with van der Waals surface area (Å²) in [7, 11) is 1.63. The summed E-state index contributed by atoms with van der Waals surface area (Å²) in [5.41, 5.74) is 2.98. The number of nitrogens with one attached hydrogen (secondary N) is 2. The second kappa shape index (κ2) is 11.6. The van der Waals surface area contributed by atoms with Crippen LogP contribution in [0.1, 0.15) is 22.1 Å². The molecule has 0 spiro atoms. The lowest BCUT2D eigenvalue weighted by Gasteiger charge is -2.21. The van der Waals surface area contributed by atoms with Gasteiger partial charge in [-0.05, 0) is 43.7 Å². The van der Waals surface area contributed by atoms with Crippen LogP contribution in [0.5, 0.6) is 0 Å². The van der Waals surface area contributed by atoms with Crippen LogP contribution in [0.2, 0.25) is 0 Å². The first-order valence-electron chi connectivity index (χ1n) is 12.7. The lowest BCUT2D eigenvalue weighted by atomic mass is 9.94. The molecule has 2 atom stereocenters. The number of aromatic nitrogens is 3. The van der Waals surface area contributed by atoms with Crippen LogP contribution in [0, 0.1) is 25.5 Å². The van der Waals surface area contributed by atoms with Gasteiger partial charge in [-0.25, -0.2) is 23.2 Å². The Balaban J connectivity index is 1.42. The fourth-order valence-corrected chi connectivity index (χ4v) is 5.75. The first-order valence-corrected chi connectivity index (χ1v) is 13.5. The number of halogens is 2. The van der Waals surface area contributed by atoms with E-state index in [1.807, 2.05) is 44.2 Å². The number of hydrogen-bond donors (Lipinski definition) is 2. The molecule has 0 radical (unpaired) electrons. The van der Waals surface area contributed by atoms with Gasteiger partial charge in [0.1, 0.15) is 11.5 Å². The van der Waals surface area contributed by atoms with Gasteiger partial charge in [0, 0.05) is 44.4 Å². The molecule has 4 aromatic rings. The molecule has 11 heteroatoms. The summed E-state index contributed by atoms with van der Waals surface area (Å²) in [6, 6.07) is 12.8. The van der Waals surface area contributed by atoms with E-state index in [-0.39, 0.29) is 12.0 Å². The standard InChI is InChI=1S/C28H30F2N6O2S/c1-17-26(25-14-31-18(2)39-25)34-36(20-7-5-4-6-8-20)27(17)33-28(37)32-24-16-35(11-12-38-3)15-21(24)19-9-10-22(29)23(30)13-19/h4-10,13-14,21,24H,11-12,15-16H2,1-3H3,(H2,32,33,37)/t21-,24+/m0/s1. The highest BCUT2D eigenvalue weighted by molar-refractivity contribution is 7.15. The Kier molecular flexibility index (Phi) is 8.01. The number of methoxy groups -OCH3 is 1. The van der Waals surface area contributed by atoms with Crippen LogP contribution >= 0.6 is 11.3 Å². The summed E-state index contributed by atoms with van der Waals surface area (Å²) in [6.45, 7) is 6.16. The number of urea groups is 1. The van der Waals surface area contributed by atoms with Gasteiger partial charge in [0.2, 0.25) is 0 Å². The molecule has 39 heavy (non-hydrogen) atoms. The highest BCUT2D eigenvalue weighted by Crippen LogP contribution is 2.34. The number of carbonyl (C=O) groups excluding carboxylic acids is 1. The maximum absolute atomic E-state index is 14.1. The monoisotopic (exact) mass is 552 g/mol. The number of thiazole rings is 1. The first-order chi connectivity index (χ1) is 18.8. The zero-order valence-corrected chi connectivity index (χ0v) is 22.8. The highest BCUT2D eigenvalue weighted by atomic mass is 32.1. The van der Waals surface area contributed by atoms with E-state index in [4.69, 9.17) is 9.84 Å². The number of rotatable bonds is 8. The van der Waals surface area contributed by atoms with Crippen molar-refractivity contribution in [2.24, 2.45) is 0 Å². The van der Waals surface area contributed by atoms with Gasteiger partial charge in [0.25, 0.3) is 0 Å². The Morgan fingerprint density at radius 3 is 2.62 bits per heavy atom. The van der Waals surface area contributed by atoms with Gasteiger partial charge in [-0.3, -0.25) is 10.2 Å². The van der Waals surface area contributed by atoms with E-state index in [2.05, 4.69) is 20.5 Å². The van der Waals surface area contributed by atoms with E-state index in [1.165, 1.54) is 17.4 Å². The van der Waals surface area contributed by atoms with Crippen molar-refractivity contribution < 1.29 is 18.3 Å². The zero-order chi connectivity index (χ0) is 27.5. The summed E-state index contributed by atoms with van der Waals surface area (Å²) < 4.78 is 34.6. The molecule has 1 aliphatic heterocycles. The van der Waals surface area contributed by atoms with Crippen molar-refractivity contribution in [3.63, 3.8) is 0 Å². The minimum atomic E-state index is -0.903. The van der Waals surface area contributed by atoms with Crippen LogP contribution in [0.4, 0.5) is 19.4 Å². The normalized spacial score (nSPS) is 17.5. The second-order valence-electron chi connectivity index (χ2n) is 9.55. The third-order valence-electron chi connectivity index (χ3n) is 6.91. The van der Waals surface area contributed by atoms with Crippen molar-refractivity contribution in [2.75, 3.05) is 38.7 Å². The van der Waals surface area contributed by atoms with Gasteiger partial charge in [-0.2, -0.15) is 5.10 Å². The number of ether oxygens (including phenoxy) is 1. The van der Waals surface area contributed by atoms with E-state index in [1.54, 1.807) is 24.1 Å². The summed E-state index contributed by atoms with van der Waals surface area (Å²) in [6.07, 6.45) is 1.79.